The normalized spacial score (nSPS) is 19.0. The molecule has 2 fully saturated rings. The quantitative estimate of drug-likeness (QED) is 0.0413. The van der Waals surface area contributed by atoms with E-state index in [1.807, 2.05) is 0 Å². The number of nitrogens with one attached hydrogen (secondary N) is 4. The third kappa shape index (κ3) is 7.50. The molecule has 2 saturated heterocycles. The molecule has 1 aromatic heterocycles. The number of aliphatic carboxylic acids is 1. The van der Waals surface area contributed by atoms with Gasteiger partial charge in [-0.05, 0) is 38.1 Å². The molecule has 19 nitrogen and oxygen atoms in total. The van der Waals surface area contributed by atoms with Gasteiger partial charge in [0, 0.05) is 30.2 Å². The maximum absolute atomic E-state index is 13.1. The van der Waals surface area contributed by atoms with E-state index in [0.717, 1.165) is 13.1 Å². The number of rotatable bonds is 13. The van der Waals surface area contributed by atoms with Crippen molar-refractivity contribution in [1.82, 2.24) is 30.4 Å². The van der Waals surface area contributed by atoms with Gasteiger partial charge in [-0.2, -0.15) is 22.8 Å². The van der Waals surface area contributed by atoms with Crippen LogP contribution in [0.3, 0.4) is 0 Å². The zero-order chi connectivity index (χ0) is 31.5. The molecular formula is C22H27N9O10S2. The number of amidine groups is 1. The first-order chi connectivity index (χ1) is 20.2. The minimum atomic E-state index is -5.02. The van der Waals surface area contributed by atoms with Crippen LogP contribution in [0.4, 0.5) is 5.13 Å². The number of nitrogens with two attached hydrogens (primary N) is 1. The average Bonchev–Trinajstić information content (AvgIpc) is 3.34. The first-order valence-electron chi connectivity index (χ1n) is 12.3. The van der Waals surface area contributed by atoms with Gasteiger partial charge in [-0.1, -0.05) is 5.16 Å². The molecular weight excluding hydrogens is 614 g/mol. The van der Waals surface area contributed by atoms with Crippen LogP contribution < -0.4 is 26.4 Å². The summed E-state index contributed by atoms with van der Waals surface area (Å²) in [7, 11) is -5.02. The summed E-state index contributed by atoms with van der Waals surface area (Å²) in [6.45, 7) is 3.66. The molecule has 0 bridgehead atoms. The zero-order valence-corrected chi connectivity index (χ0v) is 24.1. The van der Waals surface area contributed by atoms with Crippen molar-refractivity contribution in [3.05, 3.63) is 35.7 Å². The SMILES string of the molecule is CC1(C)[C@H](NC(=O)/C(=N\OC(COc2ccc(C(=N)NC3CNC3)cc2)C(=O)O)c2nsc(N)n2)C(=O)N1OS(=O)(=O)O. The summed E-state index contributed by atoms with van der Waals surface area (Å²) in [5, 5.41) is 30.1. The van der Waals surface area contributed by atoms with Gasteiger partial charge >= 0.3 is 16.4 Å². The molecule has 8 N–H and O–H groups in total. The molecule has 0 spiro atoms. The second-order valence-electron chi connectivity index (χ2n) is 9.73. The Balaban J connectivity index is 1.43. The Hall–Kier alpha value is -4.44. The average molecular weight is 642 g/mol. The Morgan fingerprint density at radius 1 is 1.30 bits per heavy atom. The van der Waals surface area contributed by atoms with E-state index in [1.165, 1.54) is 13.8 Å². The summed E-state index contributed by atoms with van der Waals surface area (Å²) in [5.41, 5.74) is 4.11. The highest BCUT2D eigenvalue weighted by atomic mass is 32.3. The number of oxime groups is 1. The second kappa shape index (κ2) is 12.4. The van der Waals surface area contributed by atoms with Crippen molar-refractivity contribution in [3.8, 4) is 5.75 Å². The van der Waals surface area contributed by atoms with E-state index in [0.29, 0.717) is 22.2 Å². The smallest absolute Gasteiger partial charge is 0.418 e. The van der Waals surface area contributed by atoms with Gasteiger partial charge in [-0.25, -0.2) is 4.79 Å². The van der Waals surface area contributed by atoms with Gasteiger partial charge in [-0.15, -0.1) is 4.28 Å². The van der Waals surface area contributed by atoms with E-state index in [9.17, 15) is 27.9 Å². The van der Waals surface area contributed by atoms with E-state index in [-0.39, 0.29) is 28.6 Å². The fourth-order valence-corrected chi connectivity index (χ4v) is 4.65. The number of amides is 2. The fourth-order valence-electron chi connectivity index (χ4n) is 3.77. The summed E-state index contributed by atoms with van der Waals surface area (Å²) in [6.07, 6.45) is -1.72. The molecule has 0 saturated carbocycles. The number of carboxylic acid groups (broad SMARTS) is 1. The van der Waals surface area contributed by atoms with E-state index in [2.05, 4.69) is 34.7 Å². The molecule has 2 aromatic rings. The van der Waals surface area contributed by atoms with Crippen LogP contribution in [0, 0.1) is 5.41 Å². The number of hydroxylamine groups is 2. The summed E-state index contributed by atoms with van der Waals surface area (Å²) in [4.78, 5) is 46.3. The predicted molar refractivity (Wildman–Crippen MR) is 147 cm³/mol. The van der Waals surface area contributed by atoms with Crippen molar-refractivity contribution >= 4 is 56.4 Å². The molecule has 0 radical (unpaired) electrons. The number of carbonyl (C=O) groups is 3. The number of hydrogen-bond acceptors (Lipinski definition) is 15. The van der Waals surface area contributed by atoms with Crippen molar-refractivity contribution in [2.24, 2.45) is 5.16 Å². The molecule has 21 heteroatoms. The molecule has 232 valence electrons. The van der Waals surface area contributed by atoms with Gasteiger partial charge < -0.3 is 36.4 Å². The van der Waals surface area contributed by atoms with Crippen LogP contribution >= 0.6 is 11.5 Å². The Morgan fingerprint density at radius 2 is 1.98 bits per heavy atom. The highest BCUT2D eigenvalue weighted by molar-refractivity contribution is 7.80. The van der Waals surface area contributed by atoms with Gasteiger partial charge in [0.2, 0.25) is 11.5 Å². The molecule has 0 aliphatic carbocycles. The zero-order valence-electron chi connectivity index (χ0n) is 22.5. The molecule has 2 amide bonds. The first kappa shape index (κ1) is 31.5. The molecule has 1 aromatic carbocycles. The maximum Gasteiger partial charge on any atom is 0.418 e. The van der Waals surface area contributed by atoms with Crippen molar-refractivity contribution in [2.45, 2.75) is 37.6 Å². The lowest BCUT2D eigenvalue weighted by atomic mass is 9.84. The number of hydrogen-bond donors (Lipinski definition) is 7. The van der Waals surface area contributed by atoms with E-state index < -0.39 is 58.2 Å². The Bertz CT molecular complexity index is 1540. The minimum absolute atomic E-state index is 0.0579. The lowest BCUT2D eigenvalue weighted by Crippen LogP contribution is -2.76. The standard InChI is InChI=1S/C22H27N9O10S2/c1-22(2)15(19(33)31(22)41-43(36,37)38)27-18(32)14(17-28-21(24)42-30-17)29-40-13(20(34)35)9-39-12-5-3-10(4-6-12)16(23)26-11-7-25-8-11/h3-6,11,13,15,25H,7-9H2,1-2H3,(H2,23,26)(H,27,32)(H,34,35)(H2,24,28,30)(H,36,37,38)/b29-14-/t13?,15-/m1/s1. The second-order valence-corrected chi connectivity index (χ2v) is 11.5. The number of carbonyl (C=O) groups excluding carboxylic acids is 2. The topological polar surface area (TPSA) is 281 Å². The maximum atomic E-state index is 13.1. The number of β-lactam (4-membered cyclic amide) rings is 1. The number of nitrogens with zero attached hydrogens (tertiary/aromatic N) is 4. The van der Waals surface area contributed by atoms with Crippen LogP contribution in [0.1, 0.15) is 25.2 Å². The molecule has 4 rings (SSSR count). The van der Waals surface area contributed by atoms with Gasteiger partial charge in [0.05, 0.1) is 11.6 Å². The predicted octanol–water partition coefficient (Wildman–Crippen LogP) is -1.90. The van der Waals surface area contributed by atoms with E-state index >= 15 is 0 Å². The van der Waals surface area contributed by atoms with Gasteiger partial charge in [-0.3, -0.25) is 19.6 Å². The summed E-state index contributed by atoms with van der Waals surface area (Å²) < 4.78 is 44.6. The van der Waals surface area contributed by atoms with Crippen molar-refractivity contribution < 1.29 is 46.3 Å². The first-order valence-corrected chi connectivity index (χ1v) is 14.5. The molecule has 2 atom stereocenters. The molecule has 3 heterocycles. The van der Waals surface area contributed by atoms with E-state index in [4.69, 9.17) is 25.3 Å². The highest BCUT2D eigenvalue weighted by Crippen LogP contribution is 2.32. The summed E-state index contributed by atoms with van der Waals surface area (Å²) >= 11 is 0.702. The van der Waals surface area contributed by atoms with Crippen LogP contribution in [-0.2, 0) is 33.9 Å². The Morgan fingerprint density at radius 3 is 2.49 bits per heavy atom. The highest BCUT2D eigenvalue weighted by Gasteiger charge is 2.58. The van der Waals surface area contributed by atoms with Crippen molar-refractivity contribution in [1.29, 1.82) is 5.41 Å². The third-order valence-corrected chi connectivity index (χ3v) is 7.09. The molecule has 2 aliphatic rings. The Kier molecular flexibility index (Phi) is 9.10. The van der Waals surface area contributed by atoms with Crippen LogP contribution in [-0.4, -0.2) is 105 Å². The lowest BCUT2D eigenvalue weighted by molar-refractivity contribution is -0.218. The molecule has 2 aliphatic heterocycles. The van der Waals surface area contributed by atoms with Gasteiger partial charge in [0.1, 0.15) is 24.2 Å². The number of carboxylic acids is 1. The fraction of sp³-hybridized carbons (Fsp3) is 0.409. The number of benzene rings is 1. The number of ether oxygens (including phenoxy) is 1. The third-order valence-electron chi connectivity index (χ3n) is 6.21. The van der Waals surface area contributed by atoms with Crippen LogP contribution in [0.2, 0.25) is 0 Å². The van der Waals surface area contributed by atoms with Crippen LogP contribution in [0.25, 0.3) is 0 Å². The minimum Gasteiger partial charge on any atom is -0.489 e. The number of nitrogen functional groups attached to an aromatic ring is 1. The summed E-state index contributed by atoms with van der Waals surface area (Å²) in [5.74, 6) is -3.44. The van der Waals surface area contributed by atoms with Gasteiger partial charge in [0.15, 0.2) is 5.13 Å². The van der Waals surface area contributed by atoms with Crippen LogP contribution in [0.5, 0.6) is 5.75 Å². The number of anilines is 1. The Labute approximate surface area is 248 Å². The summed E-state index contributed by atoms with van der Waals surface area (Å²) in [6, 6.07) is 5.15. The number of aromatic nitrogens is 2. The largest absolute Gasteiger partial charge is 0.489 e. The van der Waals surface area contributed by atoms with Crippen LogP contribution in [0.15, 0.2) is 29.4 Å². The van der Waals surface area contributed by atoms with E-state index in [1.54, 1.807) is 24.3 Å². The molecule has 43 heavy (non-hydrogen) atoms. The van der Waals surface area contributed by atoms with Crippen molar-refractivity contribution in [3.63, 3.8) is 0 Å². The molecule has 1 unspecified atom stereocenters. The van der Waals surface area contributed by atoms with Crippen molar-refractivity contribution in [2.75, 3.05) is 25.4 Å². The lowest BCUT2D eigenvalue weighted by Gasteiger charge is -2.50. The van der Waals surface area contributed by atoms with Gasteiger partial charge in [0.25, 0.3) is 17.9 Å². The monoisotopic (exact) mass is 641 g/mol.